The molecule has 3 heterocycles. The van der Waals surface area contributed by atoms with Gasteiger partial charge in [-0.05, 0) is 48.8 Å². The summed E-state index contributed by atoms with van der Waals surface area (Å²) in [7, 11) is 0. The number of benzene rings is 1. The van der Waals surface area contributed by atoms with Gasteiger partial charge in [0.1, 0.15) is 12.1 Å². The first kappa shape index (κ1) is 27.4. The van der Waals surface area contributed by atoms with Crippen LogP contribution in [0, 0.1) is 12.8 Å². The molecule has 2 amide bonds. The van der Waals surface area contributed by atoms with Crippen LogP contribution in [0.1, 0.15) is 75.5 Å². The lowest BCUT2D eigenvalue weighted by Gasteiger charge is -2.30. The minimum absolute atomic E-state index is 0.0271. The zero-order valence-electron chi connectivity index (χ0n) is 22.8. The number of aromatic nitrogens is 4. The van der Waals surface area contributed by atoms with Crippen LogP contribution in [0.4, 0.5) is 0 Å². The predicted molar refractivity (Wildman–Crippen MR) is 145 cm³/mol. The largest absolute Gasteiger partial charge is 0.394 e. The number of aliphatic hydroxyl groups excluding tert-OH is 1. The molecule has 9 nitrogen and oxygen atoms in total. The number of hydrogen-bond donors (Lipinski definition) is 2. The molecule has 0 spiro atoms. The van der Waals surface area contributed by atoms with Crippen molar-refractivity contribution in [3.63, 3.8) is 0 Å². The Balaban J connectivity index is 1.48. The summed E-state index contributed by atoms with van der Waals surface area (Å²) >= 11 is 0. The maximum atomic E-state index is 13.7. The molecule has 1 aliphatic heterocycles. The van der Waals surface area contributed by atoms with E-state index in [4.69, 9.17) is 0 Å². The lowest BCUT2D eigenvalue weighted by atomic mass is 9.99. The fraction of sp³-hybridized carbons (Fsp3) is 0.483. The van der Waals surface area contributed by atoms with Gasteiger partial charge in [-0.2, -0.15) is 0 Å². The van der Waals surface area contributed by atoms with Crippen LogP contribution in [0.15, 0.2) is 48.8 Å². The van der Waals surface area contributed by atoms with Gasteiger partial charge >= 0.3 is 0 Å². The van der Waals surface area contributed by atoms with E-state index in [1.807, 2.05) is 77.2 Å². The van der Waals surface area contributed by atoms with E-state index in [9.17, 15) is 14.7 Å². The molecule has 1 aliphatic rings. The zero-order chi connectivity index (χ0) is 27.4. The number of carbonyl (C=O) groups is 2. The molecular weight excluding hydrogens is 480 g/mol. The maximum Gasteiger partial charge on any atom is 0.248 e. The molecule has 38 heavy (non-hydrogen) atoms. The van der Waals surface area contributed by atoms with Gasteiger partial charge in [0.25, 0.3) is 0 Å². The van der Waals surface area contributed by atoms with Gasteiger partial charge in [-0.3, -0.25) is 14.6 Å². The monoisotopic (exact) mass is 518 g/mol. The van der Waals surface area contributed by atoms with Crippen LogP contribution >= 0.6 is 0 Å². The van der Waals surface area contributed by atoms with Crippen molar-refractivity contribution in [3.05, 3.63) is 65.7 Å². The standard InChI is InChI=1S/C29H38N6O3/c1-18(2)24-16-35(33-32-24)27(19(3)4)29(38)34-15-7-9-26(34)28(37)31-25(17-36)22-12-10-21(11-13-22)23-8-6-14-30-20(23)5/h6,8,10-14,16,18-19,25-27,36H,7,9,15,17H2,1-5H3,(H,31,37)/t25-,26-,27-/m0/s1. The average molecular weight is 519 g/mol. The van der Waals surface area contributed by atoms with Gasteiger partial charge < -0.3 is 15.3 Å². The highest BCUT2D eigenvalue weighted by molar-refractivity contribution is 5.90. The van der Waals surface area contributed by atoms with Gasteiger partial charge in [0.15, 0.2) is 0 Å². The van der Waals surface area contributed by atoms with Crippen LogP contribution in [-0.4, -0.2) is 61.0 Å². The van der Waals surface area contributed by atoms with Gasteiger partial charge in [-0.25, -0.2) is 4.68 Å². The topological polar surface area (TPSA) is 113 Å². The number of amides is 2. The van der Waals surface area contributed by atoms with E-state index in [1.165, 1.54) is 0 Å². The number of nitrogens with zero attached hydrogens (tertiary/aromatic N) is 5. The van der Waals surface area contributed by atoms with Crippen LogP contribution in [0.3, 0.4) is 0 Å². The third kappa shape index (κ3) is 5.78. The van der Waals surface area contributed by atoms with Crippen LogP contribution in [0.2, 0.25) is 0 Å². The lowest BCUT2D eigenvalue weighted by molar-refractivity contribution is -0.142. The Morgan fingerprint density at radius 1 is 1.13 bits per heavy atom. The number of aryl methyl sites for hydroxylation is 1. The number of pyridine rings is 1. The minimum Gasteiger partial charge on any atom is -0.394 e. The Morgan fingerprint density at radius 2 is 1.87 bits per heavy atom. The highest BCUT2D eigenvalue weighted by Gasteiger charge is 2.39. The fourth-order valence-corrected chi connectivity index (χ4v) is 5.05. The van der Waals surface area contributed by atoms with Crippen molar-refractivity contribution < 1.29 is 14.7 Å². The first-order valence-corrected chi connectivity index (χ1v) is 13.4. The number of rotatable bonds is 9. The number of carbonyl (C=O) groups excluding carboxylic acids is 2. The van der Waals surface area contributed by atoms with Crippen LogP contribution in [0.5, 0.6) is 0 Å². The summed E-state index contributed by atoms with van der Waals surface area (Å²) in [6.45, 7) is 10.2. The molecule has 9 heteroatoms. The molecule has 0 saturated carbocycles. The molecule has 1 aromatic carbocycles. The van der Waals surface area contributed by atoms with E-state index < -0.39 is 18.1 Å². The predicted octanol–water partition coefficient (Wildman–Crippen LogP) is 3.81. The highest BCUT2D eigenvalue weighted by atomic mass is 16.3. The third-order valence-electron chi connectivity index (χ3n) is 7.26. The number of hydrogen-bond acceptors (Lipinski definition) is 6. The van der Waals surface area contributed by atoms with E-state index in [-0.39, 0.29) is 30.3 Å². The Labute approximate surface area is 224 Å². The summed E-state index contributed by atoms with van der Waals surface area (Å²) in [4.78, 5) is 33.1. The Bertz CT molecular complexity index is 1250. The highest BCUT2D eigenvalue weighted by Crippen LogP contribution is 2.28. The molecule has 4 rings (SSSR count). The second-order valence-corrected chi connectivity index (χ2v) is 10.7. The summed E-state index contributed by atoms with van der Waals surface area (Å²) in [5.41, 5.74) is 4.62. The molecule has 202 valence electrons. The molecule has 3 aromatic rings. The maximum absolute atomic E-state index is 13.7. The van der Waals surface area contributed by atoms with Crippen LogP contribution < -0.4 is 5.32 Å². The Kier molecular flexibility index (Phi) is 8.56. The molecule has 0 radical (unpaired) electrons. The number of likely N-dealkylation sites (tertiary alicyclic amines) is 1. The minimum atomic E-state index is -0.594. The number of nitrogens with one attached hydrogen (secondary N) is 1. The van der Waals surface area contributed by atoms with Gasteiger partial charge in [0, 0.05) is 30.2 Å². The Hall–Kier alpha value is -3.59. The molecule has 3 atom stereocenters. The van der Waals surface area contributed by atoms with E-state index in [0.717, 1.165) is 34.5 Å². The van der Waals surface area contributed by atoms with Gasteiger partial charge in [-0.15, -0.1) is 5.10 Å². The first-order valence-electron chi connectivity index (χ1n) is 13.4. The van der Waals surface area contributed by atoms with Crippen molar-refractivity contribution in [3.8, 4) is 11.1 Å². The van der Waals surface area contributed by atoms with Crippen molar-refractivity contribution in [1.82, 2.24) is 30.2 Å². The summed E-state index contributed by atoms with van der Waals surface area (Å²) in [6, 6.07) is 9.96. The molecule has 2 N–H and O–H groups in total. The summed E-state index contributed by atoms with van der Waals surface area (Å²) < 4.78 is 1.64. The second kappa shape index (κ2) is 11.9. The second-order valence-electron chi connectivity index (χ2n) is 10.7. The fourth-order valence-electron chi connectivity index (χ4n) is 5.05. The van der Waals surface area contributed by atoms with E-state index in [0.29, 0.717) is 13.0 Å². The Morgan fingerprint density at radius 3 is 2.47 bits per heavy atom. The van der Waals surface area contributed by atoms with Crippen molar-refractivity contribution in [2.75, 3.05) is 13.2 Å². The van der Waals surface area contributed by atoms with Crippen LogP contribution in [0.25, 0.3) is 11.1 Å². The quantitative estimate of drug-likeness (QED) is 0.445. The normalized spacial score (nSPS) is 17.2. The third-order valence-corrected chi connectivity index (χ3v) is 7.26. The molecule has 0 unspecified atom stereocenters. The summed E-state index contributed by atoms with van der Waals surface area (Å²) in [5.74, 6) is -0.212. The van der Waals surface area contributed by atoms with E-state index in [2.05, 4.69) is 20.6 Å². The summed E-state index contributed by atoms with van der Waals surface area (Å²) in [5, 5.41) is 21.6. The van der Waals surface area contributed by atoms with Crippen molar-refractivity contribution >= 4 is 11.8 Å². The molecule has 1 fully saturated rings. The van der Waals surface area contributed by atoms with Crippen molar-refractivity contribution in [2.45, 2.75) is 71.5 Å². The van der Waals surface area contributed by atoms with E-state index >= 15 is 0 Å². The number of aliphatic hydroxyl groups is 1. The van der Waals surface area contributed by atoms with E-state index in [1.54, 1.807) is 15.8 Å². The molecule has 2 aromatic heterocycles. The molecule has 1 saturated heterocycles. The zero-order valence-corrected chi connectivity index (χ0v) is 22.8. The van der Waals surface area contributed by atoms with Gasteiger partial charge in [-0.1, -0.05) is 63.2 Å². The first-order chi connectivity index (χ1) is 18.2. The molecule has 0 bridgehead atoms. The van der Waals surface area contributed by atoms with Gasteiger partial charge in [0.2, 0.25) is 11.8 Å². The van der Waals surface area contributed by atoms with Gasteiger partial charge in [0.05, 0.1) is 18.3 Å². The smallest absolute Gasteiger partial charge is 0.248 e. The SMILES string of the molecule is Cc1ncccc1-c1ccc([C@H](CO)NC(=O)[C@@H]2CCCN2C(=O)[C@H](C(C)C)n2cc(C(C)C)nn2)cc1. The van der Waals surface area contributed by atoms with Crippen molar-refractivity contribution in [1.29, 1.82) is 0 Å². The lowest BCUT2D eigenvalue weighted by Crippen LogP contribution is -2.50. The van der Waals surface area contributed by atoms with Crippen molar-refractivity contribution in [2.24, 2.45) is 5.92 Å². The molecule has 0 aliphatic carbocycles. The average Bonchev–Trinajstić information content (AvgIpc) is 3.58. The summed E-state index contributed by atoms with van der Waals surface area (Å²) in [6.07, 6.45) is 4.91. The van der Waals surface area contributed by atoms with Crippen LogP contribution in [-0.2, 0) is 9.59 Å². The molecular formula is C29H38N6O3.